The van der Waals surface area contributed by atoms with Crippen molar-refractivity contribution in [3.8, 4) is 0 Å². The molecule has 2 N–H and O–H groups in total. The first kappa shape index (κ1) is 23.3. The first-order valence-corrected chi connectivity index (χ1v) is 10.5. The van der Waals surface area contributed by atoms with Gasteiger partial charge in [-0.1, -0.05) is 26.3 Å². The largest absolute Gasteiger partial charge is 0.466 e. The van der Waals surface area contributed by atoms with Gasteiger partial charge in [0.25, 0.3) is 0 Å². The molecule has 28 heavy (non-hydrogen) atoms. The quantitative estimate of drug-likeness (QED) is 0.352. The molecule has 1 aliphatic heterocycles. The van der Waals surface area contributed by atoms with E-state index in [9.17, 15) is 15.0 Å². The van der Waals surface area contributed by atoms with Gasteiger partial charge in [0.2, 0.25) is 0 Å². The number of carbonyl (C=O) groups is 1. The number of allylic oxidation sites excluding steroid dienone is 1. The molecule has 162 valence electrons. The fraction of sp³-hybridized carbons (Fsp3) is 0.864. The minimum Gasteiger partial charge on any atom is -0.466 e. The minimum atomic E-state index is -0.605. The molecule has 0 aromatic heterocycles. The van der Waals surface area contributed by atoms with Gasteiger partial charge in [-0.3, -0.25) is 0 Å². The SMILES string of the molecule is COC(=O)C=CCCCC[C@@H]1[C@@H](CCC2(C)OCC(C)(C)CO2)[C@H](O)C[C@@H]1O. The van der Waals surface area contributed by atoms with Crippen LogP contribution in [0.15, 0.2) is 12.2 Å². The molecule has 0 aromatic carbocycles. The van der Waals surface area contributed by atoms with E-state index in [4.69, 9.17) is 9.47 Å². The van der Waals surface area contributed by atoms with Crippen LogP contribution in [0.4, 0.5) is 0 Å². The Labute approximate surface area is 169 Å². The minimum absolute atomic E-state index is 0.0351. The average Bonchev–Trinajstić information content (AvgIpc) is 2.92. The average molecular weight is 399 g/mol. The van der Waals surface area contributed by atoms with Crippen molar-refractivity contribution in [3.05, 3.63) is 12.2 Å². The molecule has 0 radical (unpaired) electrons. The van der Waals surface area contributed by atoms with Crippen LogP contribution in [0.1, 0.15) is 65.7 Å². The van der Waals surface area contributed by atoms with Crippen molar-refractivity contribution in [1.29, 1.82) is 0 Å². The standard InChI is InChI=1S/C22H38O6/c1-21(2)14-27-22(3,28-15-21)12-11-17-16(18(23)13-19(17)24)9-7-5-6-8-10-20(25)26-4/h8,10,16-19,23-24H,5-7,9,11-15H2,1-4H3/t16-,17-,18+,19-/m1/s1. The topological polar surface area (TPSA) is 85.2 Å². The van der Waals surface area contributed by atoms with Crippen molar-refractivity contribution >= 4 is 5.97 Å². The molecule has 0 bridgehead atoms. The molecule has 1 saturated carbocycles. The third-order valence-electron chi connectivity index (χ3n) is 6.10. The molecule has 0 unspecified atom stereocenters. The maximum atomic E-state index is 11.0. The van der Waals surface area contributed by atoms with Crippen molar-refractivity contribution < 1.29 is 29.2 Å². The fourth-order valence-electron chi connectivity index (χ4n) is 4.22. The van der Waals surface area contributed by atoms with E-state index in [1.807, 2.05) is 13.0 Å². The maximum absolute atomic E-state index is 11.0. The number of unbranched alkanes of at least 4 members (excludes halogenated alkanes) is 2. The van der Waals surface area contributed by atoms with Gasteiger partial charge >= 0.3 is 5.97 Å². The molecule has 6 heteroatoms. The molecule has 2 aliphatic rings. The van der Waals surface area contributed by atoms with Crippen molar-refractivity contribution in [2.24, 2.45) is 17.3 Å². The van der Waals surface area contributed by atoms with E-state index >= 15 is 0 Å². The summed E-state index contributed by atoms with van der Waals surface area (Å²) in [5.41, 5.74) is 0.0351. The van der Waals surface area contributed by atoms with Crippen molar-refractivity contribution in [2.45, 2.75) is 83.7 Å². The van der Waals surface area contributed by atoms with Gasteiger partial charge in [-0.25, -0.2) is 4.79 Å². The van der Waals surface area contributed by atoms with Gasteiger partial charge in [0, 0.05) is 17.9 Å². The van der Waals surface area contributed by atoms with Gasteiger partial charge in [0.05, 0.1) is 32.5 Å². The van der Waals surface area contributed by atoms with E-state index in [0.29, 0.717) is 19.6 Å². The van der Waals surface area contributed by atoms with Crippen molar-refractivity contribution in [3.63, 3.8) is 0 Å². The highest BCUT2D eigenvalue weighted by Crippen LogP contribution is 2.41. The van der Waals surface area contributed by atoms with Gasteiger partial charge in [-0.05, 0) is 50.9 Å². The summed E-state index contributed by atoms with van der Waals surface area (Å²) < 4.78 is 16.5. The Hall–Kier alpha value is -0.950. The van der Waals surface area contributed by atoms with Crippen LogP contribution >= 0.6 is 0 Å². The lowest BCUT2D eigenvalue weighted by Gasteiger charge is -2.42. The van der Waals surface area contributed by atoms with E-state index in [1.165, 1.54) is 13.2 Å². The summed E-state index contributed by atoms with van der Waals surface area (Å²) in [6.45, 7) is 7.56. The van der Waals surface area contributed by atoms with Gasteiger partial charge in [-0.2, -0.15) is 0 Å². The highest BCUT2D eigenvalue weighted by Gasteiger charge is 2.43. The predicted octanol–water partition coefficient (Wildman–Crippen LogP) is 3.20. The Balaban J connectivity index is 1.78. The van der Waals surface area contributed by atoms with Crippen LogP contribution < -0.4 is 0 Å². The summed E-state index contributed by atoms with van der Waals surface area (Å²) in [4.78, 5) is 11.0. The second-order valence-electron chi connectivity index (χ2n) is 9.32. The van der Waals surface area contributed by atoms with E-state index in [0.717, 1.165) is 38.5 Å². The molecule has 2 rings (SSSR count). The lowest BCUT2D eigenvalue weighted by atomic mass is 9.84. The summed E-state index contributed by atoms with van der Waals surface area (Å²) in [7, 11) is 1.37. The van der Waals surface area contributed by atoms with Crippen LogP contribution in [0.5, 0.6) is 0 Å². The molecular weight excluding hydrogens is 360 g/mol. The number of aliphatic hydroxyl groups is 2. The molecule has 1 heterocycles. The number of aliphatic hydroxyl groups excluding tert-OH is 2. The maximum Gasteiger partial charge on any atom is 0.330 e. The zero-order chi connectivity index (χ0) is 20.8. The van der Waals surface area contributed by atoms with Gasteiger partial charge < -0.3 is 24.4 Å². The Morgan fingerprint density at radius 1 is 1.07 bits per heavy atom. The predicted molar refractivity (Wildman–Crippen MR) is 107 cm³/mol. The van der Waals surface area contributed by atoms with Crippen LogP contribution in [0.25, 0.3) is 0 Å². The number of ether oxygens (including phenoxy) is 3. The molecule has 6 nitrogen and oxygen atoms in total. The zero-order valence-electron chi connectivity index (χ0n) is 17.9. The Kier molecular flexibility index (Phi) is 8.49. The van der Waals surface area contributed by atoms with E-state index in [1.54, 1.807) is 0 Å². The normalized spacial score (nSPS) is 31.9. The molecule has 1 aliphatic carbocycles. The smallest absolute Gasteiger partial charge is 0.330 e. The van der Waals surface area contributed by atoms with Gasteiger partial charge in [0.15, 0.2) is 5.79 Å². The van der Waals surface area contributed by atoms with Crippen LogP contribution in [-0.4, -0.2) is 54.5 Å². The summed E-state index contributed by atoms with van der Waals surface area (Å²) in [6, 6.07) is 0. The lowest BCUT2D eigenvalue weighted by Crippen LogP contribution is -2.46. The molecule has 0 amide bonds. The van der Waals surface area contributed by atoms with E-state index in [-0.39, 0.29) is 23.2 Å². The highest BCUT2D eigenvalue weighted by molar-refractivity contribution is 5.81. The summed E-state index contributed by atoms with van der Waals surface area (Å²) in [5, 5.41) is 20.9. The Morgan fingerprint density at radius 3 is 2.29 bits per heavy atom. The van der Waals surface area contributed by atoms with Crippen LogP contribution in [0.3, 0.4) is 0 Å². The third-order valence-corrected chi connectivity index (χ3v) is 6.10. The number of hydrogen-bond donors (Lipinski definition) is 2. The molecule has 2 fully saturated rings. The van der Waals surface area contributed by atoms with Crippen LogP contribution in [0, 0.1) is 17.3 Å². The van der Waals surface area contributed by atoms with Crippen LogP contribution in [-0.2, 0) is 19.0 Å². The van der Waals surface area contributed by atoms with E-state index < -0.39 is 18.0 Å². The van der Waals surface area contributed by atoms with Crippen LogP contribution in [0.2, 0.25) is 0 Å². The van der Waals surface area contributed by atoms with Gasteiger partial charge in [-0.15, -0.1) is 0 Å². The Bertz CT molecular complexity index is 519. The molecule has 1 saturated heterocycles. The molecule has 0 spiro atoms. The second-order valence-corrected chi connectivity index (χ2v) is 9.32. The first-order valence-electron chi connectivity index (χ1n) is 10.5. The number of carbonyl (C=O) groups excluding carboxylic acids is 1. The highest BCUT2D eigenvalue weighted by atomic mass is 16.7. The zero-order valence-corrected chi connectivity index (χ0v) is 17.9. The second kappa shape index (κ2) is 10.2. The van der Waals surface area contributed by atoms with Crippen molar-refractivity contribution in [2.75, 3.05) is 20.3 Å². The molecule has 0 aromatic rings. The first-order chi connectivity index (χ1) is 13.2. The summed E-state index contributed by atoms with van der Waals surface area (Å²) in [6.07, 6.45) is 7.87. The monoisotopic (exact) mass is 398 g/mol. The number of methoxy groups -OCH3 is 1. The lowest BCUT2D eigenvalue weighted by molar-refractivity contribution is -0.293. The number of rotatable bonds is 9. The Morgan fingerprint density at radius 2 is 1.68 bits per heavy atom. The third kappa shape index (κ3) is 6.83. The fourth-order valence-corrected chi connectivity index (χ4v) is 4.22. The number of esters is 1. The summed E-state index contributed by atoms with van der Waals surface area (Å²) >= 11 is 0. The molecule has 4 atom stereocenters. The van der Waals surface area contributed by atoms with Crippen molar-refractivity contribution in [1.82, 2.24) is 0 Å². The molecular formula is C22H38O6. The summed E-state index contributed by atoms with van der Waals surface area (Å²) in [5.74, 6) is -0.771. The van der Waals surface area contributed by atoms with E-state index in [2.05, 4.69) is 18.6 Å². The van der Waals surface area contributed by atoms with Gasteiger partial charge in [0.1, 0.15) is 0 Å². The number of hydrogen-bond acceptors (Lipinski definition) is 6.